The molecule has 0 fully saturated rings. The predicted octanol–water partition coefficient (Wildman–Crippen LogP) is 10.2. The number of benzene rings is 6. The lowest BCUT2D eigenvalue weighted by molar-refractivity contribution is 0.590. The second-order valence-electron chi connectivity index (χ2n) is 14.4. The van der Waals surface area contributed by atoms with Crippen molar-refractivity contribution in [3.8, 4) is 22.3 Å². The zero-order valence-corrected chi connectivity index (χ0v) is 27.5. The third-order valence-electron chi connectivity index (χ3n) is 10.6. The molecule has 0 amide bonds. The van der Waals surface area contributed by atoms with Crippen molar-refractivity contribution in [3.63, 3.8) is 0 Å². The molecule has 47 heavy (non-hydrogen) atoms. The van der Waals surface area contributed by atoms with Gasteiger partial charge in [-0.25, -0.2) is 0 Å². The third kappa shape index (κ3) is 4.40. The SMILES string of the molecule is CC(C)(C)c1ccc(N2B3c4ccccc4N(c4c(-c5ccccc5)ccc5c4CCCC5)c4cccc(c43)-c3ccccc32)cc1. The van der Waals surface area contributed by atoms with E-state index >= 15 is 0 Å². The van der Waals surface area contributed by atoms with Crippen molar-refractivity contribution < 1.29 is 0 Å². The highest BCUT2D eigenvalue weighted by molar-refractivity contribution is 6.93. The first-order valence-electron chi connectivity index (χ1n) is 17.2. The van der Waals surface area contributed by atoms with Crippen molar-refractivity contribution in [2.24, 2.45) is 0 Å². The molecule has 0 spiro atoms. The molecule has 0 bridgehead atoms. The van der Waals surface area contributed by atoms with E-state index in [9.17, 15) is 0 Å². The number of para-hydroxylation sites is 2. The Morgan fingerprint density at radius 1 is 0.553 bits per heavy atom. The van der Waals surface area contributed by atoms with Gasteiger partial charge in [-0.2, -0.15) is 0 Å². The van der Waals surface area contributed by atoms with Crippen LogP contribution in [0.5, 0.6) is 0 Å². The van der Waals surface area contributed by atoms with Crippen LogP contribution in [0.25, 0.3) is 22.3 Å². The van der Waals surface area contributed by atoms with Gasteiger partial charge in [-0.1, -0.05) is 124 Å². The second-order valence-corrected chi connectivity index (χ2v) is 14.4. The van der Waals surface area contributed by atoms with Gasteiger partial charge in [0.25, 0.3) is 0 Å². The van der Waals surface area contributed by atoms with Crippen LogP contribution < -0.4 is 20.6 Å². The van der Waals surface area contributed by atoms with E-state index in [2.05, 4.69) is 164 Å². The molecule has 6 aromatic carbocycles. The summed E-state index contributed by atoms with van der Waals surface area (Å²) in [6, 6.07) is 50.2. The largest absolute Gasteiger partial charge is 0.376 e. The standard InChI is InChI=1S/C44H39BN2/c1-44(2,3)32-25-27-33(28-26-32)47-39-21-11-9-18-36(39)37-19-13-23-41-42(37)45(47)38-20-10-12-22-40(38)46(41)43-34-17-8-7-16-31(34)24-29-35(43)30-14-5-4-6-15-30/h4-6,9-15,18-29H,7-8,16-17H2,1-3H3. The molecule has 0 saturated carbocycles. The van der Waals surface area contributed by atoms with Gasteiger partial charge in [0.15, 0.2) is 0 Å². The molecule has 0 radical (unpaired) electrons. The van der Waals surface area contributed by atoms with Crippen molar-refractivity contribution in [1.82, 2.24) is 0 Å². The smallest absolute Gasteiger partial charge is 0.333 e. The molecule has 3 heteroatoms. The van der Waals surface area contributed by atoms with E-state index in [1.807, 2.05) is 0 Å². The Labute approximate surface area is 279 Å². The first kappa shape index (κ1) is 28.2. The quantitative estimate of drug-likeness (QED) is 0.185. The zero-order chi connectivity index (χ0) is 31.7. The first-order valence-corrected chi connectivity index (χ1v) is 17.2. The highest BCUT2D eigenvalue weighted by Gasteiger charge is 2.45. The van der Waals surface area contributed by atoms with Crippen LogP contribution in [0.2, 0.25) is 0 Å². The van der Waals surface area contributed by atoms with Gasteiger partial charge in [0, 0.05) is 33.9 Å². The molecule has 0 N–H and O–H groups in total. The molecule has 0 saturated heterocycles. The molecule has 0 atom stereocenters. The first-order chi connectivity index (χ1) is 23.0. The summed E-state index contributed by atoms with van der Waals surface area (Å²) in [6.45, 7) is 6.92. The lowest BCUT2D eigenvalue weighted by Crippen LogP contribution is -2.61. The minimum atomic E-state index is 0.0451. The number of aryl methyl sites for hydroxylation is 1. The van der Waals surface area contributed by atoms with Crippen LogP contribution in [0.1, 0.15) is 50.3 Å². The summed E-state index contributed by atoms with van der Waals surface area (Å²) in [4.78, 5) is 5.23. The summed E-state index contributed by atoms with van der Waals surface area (Å²) in [6.07, 6.45) is 4.75. The minimum Gasteiger partial charge on any atom is -0.376 e. The normalized spacial score (nSPS) is 14.7. The Hall–Kier alpha value is -5.02. The summed E-state index contributed by atoms with van der Waals surface area (Å²) in [5, 5.41) is 0. The summed E-state index contributed by atoms with van der Waals surface area (Å²) in [5.41, 5.74) is 18.8. The Morgan fingerprint density at radius 2 is 1.23 bits per heavy atom. The molecule has 0 aromatic heterocycles. The molecule has 228 valence electrons. The van der Waals surface area contributed by atoms with Crippen molar-refractivity contribution >= 4 is 46.2 Å². The van der Waals surface area contributed by atoms with Gasteiger partial charge in [0.2, 0.25) is 0 Å². The number of hydrogen-bond acceptors (Lipinski definition) is 2. The Balaban J connectivity index is 1.34. The maximum atomic E-state index is 2.63. The monoisotopic (exact) mass is 606 g/mol. The summed E-state index contributed by atoms with van der Waals surface area (Å²) in [7, 11) is 0. The number of nitrogens with zero attached hydrogens (tertiary/aromatic N) is 2. The minimum absolute atomic E-state index is 0.0451. The lowest BCUT2D eigenvalue weighted by atomic mass is 9.43. The van der Waals surface area contributed by atoms with Crippen molar-refractivity contribution in [2.75, 3.05) is 9.71 Å². The van der Waals surface area contributed by atoms with Gasteiger partial charge in [0.1, 0.15) is 0 Å². The summed E-state index contributed by atoms with van der Waals surface area (Å²) >= 11 is 0. The highest BCUT2D eigenvalue weighted by atomic mass is 15.2. The van der Waals surface area contributed by atoms with Gasteiger partial charge in [-0.05, 0) is 100 Å². The molecule has 2 nitrogen and oxygen atoms in total. The van der Waals surface area contributed by atoms with Gasteiger partial charge in [0.05, 0.1) is 5.69 Å². The Kier molecular flexibility index (Phi) is 6.47. The predicted molar refractivity (Wildman–Crippen MR) is 201 cm³/mol. The molecule has 9 rings (SSSR count). The maximum absolute atomic E-state index is 2.63. The van der Waals surface area contributed by atoms with Gasteiger partial charge in [-0.3, -0.25) is 0 Å². The molecular weight excluding hydrogens is 567 g/mol. The van der Waals surface area contributed by atoms with Crippen molar-refractivity contribution in [2.45, 2.75) is 51.9 Å². The second kappa shape index (κ2) is 10.8. The van der Waals surface area contributed by atoms with E-state index in [0.717, 1.165) is 12.8 Å². The zero-order valence-electron chi connectivity index (χ0n) is 27.5. The molecule has 1 aliphatic carbocycles. The van der Waals surface area contributed by atoms with E-state index in [-0.39, 0.29) is 12.3 Å². The topological polar surface area (TPSA) is 6.48 Å². The molecular formula is C44H39BN2. The van der Waals surface area contributed by atoms with Crippen LogP contribution in [0.15, 0.2) is 133 Å². The highest BCUT2D eigenvalue weighted by Crippen LogP contribution is 2.50. The van der Waals surface area contributed by atoms with E-state index in [4.69, 9.17) is 0 Å². The fourth-order valence-electron chi connectivity index (χ4n) is 8.36. The van der Waals surface area contributed by atoms with Gasteiger partial charge >= 0.3 is 6.85 Å². The Morgan fingerprint density at radius 3 is 2.04 bits per heavy atom. The summed E-state index contributed by atoms with van der Waals surface area (Å²) < 4.78 is 0. The number of anilines is 5. The molecule has 2 heterocycles. The average Bonchev–Trinajstić information content (AvgIpc) is 3.11. The summed E-state index contributed by atoms with van der Waals surface area (Å²) in [5.74, 6) is 0. The van der Waals surface area contributed by atoms with Crippen LogP contribution in [-0.2, 0) is 18.3 Å². The van der Waals surface area contributed by atoms with Gasteiger partial charge in [-0.15, -0.1) is 0 Å². The molecule has 0 unspecified atom stereocenters. The lowest BCUT2D eigenvalue weighted by Gasteiger charge is -2.46. The van der Waals surface area contributed by atoms with Crippen LogP contribution in [-0.4, -0.2) is 6.85 Å². The van der Waals surface area contributed by atoms with Crippen molar-refractivity contribution in [3.05, 3.63) is 150 Å². The van der Waals surface area contributed by atoms with E-state index in [0.29, 0.717) is 0 Å². The third-order valence-corrected chi connectivity index (χ3v) is 10.6. The Bertz CT molecular complexity index is 2140. The van der Waals surface area contributed by atoms with Gasteiger partial charge < -0.3 is 9.71 Å². The average molecular weight is 607 g/mol. The number of fused-ring (bicyclic) bond motifs is 5. The van der Waals surface area contributed by atoms with Crippen LogP contribution in [0, 0.1) is 0 Å². The molecule has 6 aromatic rings. The molecule has 3 aliphatic rings. The van der Waals surface area contributed by atoms with Crippen molar-refractivity contribution in [1.29, 1.82) is 0 Å². The number of rotatable bonds is 3. The maximum Gasteiger partial charge on any atom is 0.333 e. The number of hydrogen-bond donors (Lipinski definition) is 0. The van der Waals surface area contributed by atoms with Crippen LogP contribution >= 0.6 is 0 Å². The fraction of sp³-hybridized carbons (Fsp3) is 0.182. The molecule has 2 aliphatic heterocycles. The fourth-order valence-corrected chi connectivity index (χ4v) is 8.36. The van der Waals surface area contributed by atoms with Crippen LogP contribution in [0.3, 0.4) is 0 Å². The van der Waals surface area contributed by atoms with E-state index < -0.39 is 0 Å². The van der Waals surface area contributed by atoms with E-state index in [1.165, 1.54) is 91.1 Å². The van der Waals surface area contributed by atoms with E-state index in [1.54, 1.807) is 0 Å². The van der Waals surface area contributed by atoms with Crippen LogP contribution in [0.4, 0.5) is 28.4 Å².